The number of fused-ring (bicyclic) bond motifs is 1. The Bertz CT molecular complexity index is 698. The molecule has 23 heavy (non-hydrogen) atoms. The average Bonchev–Trinajstić information content (AvgIpc) is 2.52. The van der Waals surface area contributed by atoms with Gasteiger partial charge in [0.1, 0.15) is 0 Å². The second-order valence-corrected chi connectivity index (χ2v) is 6.69. The zero-order chi connectivity index (χ0) is 16.8. The molecule has 6 heteroatoms. The van der Waals surface area contributed by atoms with Gasteiger partial charge in [-0.3, -0.25) is 14.6 Å². The molecule has 0 spiro atoms. The minimum atomic E-state index is -0.360. The maximum absolute atomic E-state index is 12.3. The van der Waals surface area contributed by atoms with E-state index in [1.807, 2.05) is 30.3 Å². The molecule has 0 radical (unpaired) electrons. The normalized spacial score (nSPS) is 12.2. The second kappa shape index (κ2) is 7.97. The van der Waals surface area contributed by atoms with Crippen LogP contribution in [0.2, 0.25) is 0 Å². The number of hydrogen-bond donors (Lipinski definition) is 1. The van der Waals surface area contributed by atoms with Gasteiger partial charge in [0.2, 0.25) is 5.91 Å². The quantitative estimate of drug-likeness (QED) is 0.823. The van der Waals surface area contributed by atoms with Gasteiger partial charge in [-0.1, -0.05) is 6.07 Å². The van der Waals surface area contributed by atoms with E-state index in [1.165, 1.54) is 11.8 Å². The highest BCUT2D eigenvalue weighted by atomic mass is 32.2. The molecule has 122 valence electrons. The number of carbonyl (C=O) groups excluding carboxylic acids is 2. The highest BCUT2D eigenvalue weighted by Gasteiger charge is 2.17. The van der Waals surface area contributed by atoms with Crippen LogP contribution in [0.4, 0.5) is 5.69 Å². The van der Waals surface area contributed by atoms with Crippen LogP contribution in [0.15, 0.2) is 36.5 Å². The number of amides is 1. The van der Waals surface area contributed by atoms with Crippen molar-refractivity contribution in [2.45, 2.75) is 32.1 Å². The van der Waals surface area contributed by atoms with Gasteiger partial charge in [-0.2, -0.15) is 0 Å². The number of nitrogens with zero attached hydrogens (tertiary/aromatic N) is 1. The predicted molar refractivity (Wildman–Crippen MR) is 93.5 cm³/mol. The maximum atomic E-state index is 12.3. The molecule has 1 heterocycles. The first-order valence-corrected chi connectivity index (χ1v) is 8.48. The maximum Gasteiger partial charge on any atom is 0.316 e. The Morgan fingerprint density at radius 3 is 2.74 bits per heavy atom. The van der Waals surface area contributed by atoms with Gasteiger partial charge >= 0.3 is 5.97 Å². The summed E-state index contributed by atoms with van der Waals surface area (Å²) in [4.78, 5) is 28.1. The van der Waals surface area contributed by atoms with Crippen molar-refractivity contribution >= 4 is 40.2 Å². The number of rotatable bonds is 6. The lowest BCUT2D eigenvalue weighted by Gasteiger charge is -2.13. The lowest BCUT2D eigenvalue weighted by molar-refractivity contribution is -0.144. The first kappa shape index (κ1) is 17.3. The number of thioether (sulfide) groups is 1. The topological polar surface area (TPSA) is 68.3 Å². The van der Waals surface area contributed by atoms with Crippen molar-refractivity contribution < 1.29 is 14.3 Å². The van der Waals surface area contributed by atoms with E-state index in [0.717, 1.165) is 16.6 Å². The molecule has 0 saturated heterocycles. The third kappa shape index (κ3) is 4.96. The summed E-state index contributed by atoms with van der Waals surface area (Å²) >= 11 is 1.26. The monoisotopic (exact) mass is 332 g/mol. The van der Waals surface area contributed by atoms with Crippen molar-refractivity contribution in [3.05, 3.63) is 36.5 Å². The summed E-state index contributed by atoms with van der Waals surface area (Å²) in [5.41, 5.74) is 1.55. The molecular formula is C17H20N2O3S. The van der Waals surface area contributed by atoms with E-state index in [1.54, 1.807) is 27.0 Å². The second-order valence-electron chi connectivity index (χ2n) is 5.36. The third-order valence-electron chi connectivity index (χ3n) is 3.09. The molecule has 0 aliphatic rings. The molecule has 0 fully saturated rings. The molecule has 0 aliphatic heterocycles. The lowest BCUT2D eigenvalue weighted by Crippen LogP contribution is -2.24. The van der Waals surface area contributed by atoms with Crippen molar-refractivity contribution in [1.82, 2.24) is 4.98 Å². The molecule has 0 saturated carbocycles. The number of carbonyl (C=O) groups is 2. The SMILES string of the molecule is CC(C)OC(=O)CSC(C)C(=O)Nc1cccc2ncccc12. The Morgan fingerprint density at radius 1 is 1.22 bits per heavy atom. The van der Waals surface area contributed by atoms with Crippen molar-refractivity contribution in [3.8, 4) is 0 Å². The third-order valence-corrected chi connectivity index (χ3v) is 4.21. The average molecular weight is 332 g/mol. The standard InChI is InChI=1S/C17H20N2O3S/c1-11(2)22-16(20)10-23-12(3)17(21)19-15-8-4-7-14-13(15)6-5-9-18-14/h4-9,11-12H,10H2,1-3H3,(H,19,21). The number of benzene rings is 1. The number of ether oxygens (including phenoxy) is 1. The molecule has 2 aromatic rings. The van der Waals surface area contributed by atoms with Gasteiger partial charge < -0.3 is 10.1 Å². The Kier molecular flexibility index (Phi) is 5.98. The van der Waals surface area contributed by atoms with E-state index in [-0.39, 0.29) is 29.0 Å². The van der Waals surface area contributed by atoms with Gasteiger partial charge in [0.05, 0.1) is 28.3 Å². The lowest BCUT2D eigenvalue weighted by atomic mass is 10.2. The van der Waals surface area contributed by atoms with Gasteiger partial charge in [-0.15, -0.1) is 11.8 Å². The molecule has 1 amide bonds. The van der Waals surface area contributed by atoms with Crippen LogP contribution in [-0.4, -0.2) is 34.0 Å². The fraction of sp³-hybridized carbons (Fsp3) is 0.353. The number of esters is 1. The molecule has 1 aromatic heterocycles. The zero-order valence-electron chi connectivity index (χ0n) is 13.4. The molecule has 1 unspecified atom stereocenters. The summed E-state index contributed by atoms with van der Waals surface area (Å²) in [7, 11) is 0. The Morgan fingerprint density at radius 2 is 2.00 bits per heavy atom. The summed E-state index contributed by atoms with van der Waals surface area (Å²) in [5, 5.41) is 3.43. The molecule has 1 atom stereocenters. The van der Waals surface area contributed by atoms with E-state index in [9.17, 15) is 9.59 Å². The van der Waals surface area contributed by atoms with Gasteiger partial charge in [0.15, 0.2) is 0 Å². The Hall–Kier alpha value is -2.08. The number of anilines is 1. The molecule has 0 bridgehead atoms. The fourth-order valence-corrected chi connectivity index (χ4v) is 2.68. The van der Waals surface area contributed by atoms with Crippen LogP contribution in [0.5, 0.6) is 0 Å². The molecule has 1 aromatic carbocycles. The van der Waals surface area contributed by atoms with Crippen LogP contribution in [0.3, 0.4) is 0 Å². The Balaban J connectivity index is 1.96. The summed E-state index contributed by atoms with van der Waals surface area (Å²) in [6.07, 6.45) is 1.57. The van der Waals surface area contributed by atoms with Crippen LogP contribution in [-0.2, 0) is 14.3 Å². The van der Waals surface area contributed by atoms with E-state index in [2.05, 4.69) is 10.3 Å². The minimum absolute atomic E-state index is 0.143. The van der Waals surface area contributed by atoms with E-state index in [0.29, 0.717) is 0 Å². The summed E-state index contributed by atoms with van der Waals surface area (Å²) in [6, 6.07) is 9.33. The van der Waals surface area contributed by atoms with E-state index < -0.39 is 0 Å². The van der Waals surface area contributed by atoms with Gasteiger partial charge in [0.25, 0.3) is 0 Å². The van der Waals surface area contributed by atoms with Gasteiger partial charge in [-0.25, -0.2) is 0 Å². The molecule has 5 nitrogen and oxygen atoms in total. The van der Waals surface area contributed by atoms with Crippen LogP contribution in [0.1, 0.15) is 20.8 Å². The largest absolute Gasteiger partial charge is 0.462 e. The number of hydrogen-bond acceptors (Lipinski definition) is 5. The van der Waals surface area contributed by atoms with Crippen molar-refractivity contribution in [1.29, 1.82) is 0 Å². The van der Waals surface area contributed by atoms with Crippen LogP contribution in [0, 0.1) is 0 Å². The highest BCUT2D eigenvalue weighted by Crippen LogP contribution is 2.22. The highest BCUT2D eigenvalue weighted by molar-refractivity contribution is 8.01. The zero-order valence-corrected chi connectivity index (χ0v) is 14.2. The Labute approximate surface area is 139 Å². The van der Waals surface area contributed by atoms with E-state index in [4.69, 9.17) is 4.74 Å². The molecule has 2 rings (SSSR count). The van der Waals surface area contributed by atoms with E-state index >= 15 is 0 Å². The summed E-state index contributed by atoms with van der Waals surface area (Å²) in [5.74, 6) is -0.299. The minimum Gasteiger partial charge on any atom is -0.462 e. The number of aromatic nitrogens is 1. The van der Waals surface area contributed by atoms with Crippen LogP contribution < -0.4 is 5.32 Å². The molecule has 1 N–H and O–H groups in total. The van der Waals surface area contributed by atoms with Crippen molar-refractivity contribution in [2.75, 3.05) is 11.1 Å². The molecule has 0 aliphatic carbocycles. The molecular weight excluding hydrogens is 312 g/mol. The number of nitrogens with one attached hydrogen (secondary N) is 1. The van der Waals surface area contributed by atoms with Gasteiger partial charge in [-0.05, 0) is 45.0 Å². The number of pyridine rings is 1. The smallest absolute Gasteiger partial charge is 0.316 e. The fourth-order valence-electron chi connectivity index (χ4n) is 2.01. The van der Waals surface area contributed by atoms with Crippen LogP contribution in [0.25, 0.3) is 10.9 Å². The van der Waals surface area contributed by atoms with Crippen molar-refractivity contribution in [2.24, 2.45) is 0 Å². The summed E-state index contributed by atoms with van der Waals surface area (Å²) in [6.45, 7) is 5.37. The summed E-state index contributed by atoms with van der Waals surface area (Å²) < 4.78 is 5.06. The van der Waals surface area contributed by atoms with Crippen LogP contribution >= 0.6 is 11.8 Å². The first-order valence-electron chi connectivity index (χ1n) is 7.43. The predicted octanol–water partition coefficient (Wildman–Crippen LogP) is 3.25. The van der Waals surface area contributed by atoms with Crippen molar-refractivity contribution in [3.63, 3.8) is 0 Å². The first-order chi connectivity index (χ1) is 11.0. The van der Waals surface area contributed by atoms with Gasteiger partial charge in [0, 0.05) is 11.6 Å².